The highest BCUT2D eigenvalue weighted by Gasteiger charge is 2.11. The number of hydrogen-bond acceptors (Lipinski definition) is 2. The van der Waals surface area contributed by atoms with Gasteiger partial charge in [-0.05, 0) is 74.4 Å². The van der Waals surface area contributed by atoms with Crippen LogP contribution in [-0.4, -0.2) is 13.1 Å². The van der Waals surface area contributed by atoms with Crippen LogP contribution in [0.3, 0.4) is 0 Å². The van der Waals surface area contributed by atoms with E-state index < -0.39 is 0 Å². The summed E-state index contributed by atoms with van der Waals surface area (Å²) >= 11 is 1.80. The van der Waals surface area contributed by atoms with Gasteiger partial charge in [0.15, 0.2) is 0 Å². The zero-order chi connectivity index (χ0) is 11.9. The van der Waals surface area contributed by atoms with Crippen LogP contribution in [-0.2, 0) is 6.42 Å². The summed E-state index contributed by atoms with van der Waals surface area (Å²) in [5.74, 6) is 0. The zero-order valence-electron chi connectivity index (χ0n) is 10.7. The fourth-order valence-electron chi connectivity index (χ4n) is 2.53. The van der Waals surface area contributed by atoms with E-state index in [-0.39, 0.29) is 0 Å². The molecular weight excluding hydrogens is 226 g/mol. The molecule has 0 aromatic carbocycles. The van der Waals surface area contributed by atoms with Crippen LogP contribution >= 0.6 is 11.3 Å². The van der Waals surface area contributed by atoms with Crippen LogP contribution in [0.5, 0.6) is 0 Å². The molecule has 1 aromatic rings. The standard InChI is InChI=1S/C15H23NS/c1-16-15(8-7-14-9-10-17-12-14)11-13-5-3-2-4-6-13/h5,9-10,12,15-16H,2-4,6-8,11H2,1H3. The van der Waals surface area contributed by atoms with E-state index in [4.69, 9.17) is 0 Å². The highest BCUT2D eigenvalue weighted by atomic mass is 32.1. The minimum atomic E-state index is 0.652. The van der Waals surface area contributed by atoms with Crippen molar-refractivity contribution < 1.29 is 0 Å². The Kier molecular flexibility index (Phi) is 5.27. The molecule has 0 radical (unpaired) electrons. The van der Waals surface area contributed by atoms with E-state index in [9.17, 15) is 0 Å². The molecule has 0 saturated heterocycles. The predicted octanol–water partition coefficient (Wildman–Crippen LogP) is 4.16. The maximum absolute atomic E-state index is 3.47. The second-order valence-corrected chi connectivity index (χ2v) is 5.75. The Balaban J connectivity index is 1.78. The van der Waals surface area contributed by atoms with Gasteiger partial charge in [-0.15, -0.1) is 0 Å². The number of hydrogen-bond donors (Lipinski definition) is 1. The van der Waals surface area contributed by atoms with Crippen molar-refractivity contribution in [3.8, 4) is 0 Å². The van der Waals surface area contributed by atoms with Gasteiger partial charge in [0, 0.05) is 6.04 Å². The van der Waals surface area contributed by atoms with E-state index in [1.165, 1.54) is 50.5 Å². The summed E-state index contributed by atoms with van der Waals surface area (Å²) < 4.78 is 0. The van der Waals surface area contributed by atoms with Crippen molar-refractivity contribution in [2.24, 2.45) is 0 Å². The van der Waals surface area contributed by atoms with Gasteiger partial charge in [-0.2, -0.15) is 11.3 Å². The third kappa shape index (κ3) is 4.29. The molecule has 0 bridgehead atoms. The molecule has 0 fully saturated rings. The minimum absolute atomic E-state index is 0.652. The molecule has 0 saturated carbocycles. The molecule has 2 heteroatoms. The maximum Gasteiger partial charge on any atom is 0.0104 e. The lowest BCUT2D eigenvalue weighted by atomic mass is 9.92. The van der Waals surface area contributed by atoms with Crippen molar-refractivity contribution in [3.63, 3.8) is 0 Å². The minimum Gasteiger partial charge on any atom is -0.317 e. The molecule has 17 heavy (non-hydrogen) atoms. The first kappa shape index (κ1) is 12.8. The molecule has 1 heterocycles. The quantitative estimate of drug-likeness (QED) is 0.747. The third-order valence-electron chi connectivity index (χ3n) is 3.66. The highest BCUT2D eigenvalue weighted by molar-refractivity contribution is 7.07. The smallest absolute Gasteiger partial charge is 0.0104 e. The second kappa shape index (κ2) is 6.97. The molecule has 1 aliphatic carbocycles. The van der Waals surface area contributed by atoms with E-state index in [1.807, 2.05) is 0 Å². The summed E-state index contributed by atoms with van der Waals surface area (Å²) in [6.07, 6.45) is 11.6. The molecule has 1 aliphatic rings. The fraction of sp³-hybridized carbons (Fsp3) is 0.600. The topological polar surface area (TPSA) is 12.0 Å². The van der Waals surface area contributed by atoms with Gasteiger partial charge in [0.2, 0.25) is 0 Å². The Morgan fingerprint density at radius 3 is 3.00 bits per heavy atom. The largest absolute Gasteiger partial charge is 0.317 e. The first-order valence-electron chi connectivity index (χ1n) is 6.74. The van der Waals surface area contributed by atoms with Crippen molar-refractivity contribution in [1.29, 1.82) is 0 Å². The average Bonchev–Trinajstić information content (AvgIpc) is 2.89. The Bertz CT molecular complexity index is 340. The summed E-state index contributed by atoms with van der Waals surface area (Å²) in [4.78, 5) is 0. The van der Waals surface area contributed by atoms with E-state index in [0.717, 1.165) is 0 Å². The molecule has 1 aromatic heterocycles. The second-order valence-electron chi connectivity index (χ2n) is 4.97. The molecule has 1 N–H and O–H groups in total. The predicted molar refractivity (Wildman–Crippen MR) is 76.7 cm³/mol. The SMILES string of the molecule is CNC(CCc1ccsc1)CC1=CCCCC1. The van der Waals surface area contributed by atoms with Gasteiger partial charge in [-0.1, -0.05) is 11.6 Å². The molecule has 2 rings (SSSR count). The molecule has 1 unspecified atom stereocenters. The summed E-state index contributed by atoms with van der Waals surface area (Å²) in [7, 11) is 2.10. The lowest BCUT2D eigenvalue weighted by Gasteiger charge is -2.20. The van der Waals surface area contributed by atoms with Crippen molar-refractivity contribution in [1.82, 2.24) is 5.32 Å². The normalized spacial score (nSPS) is 17.8. The summed E-state index contributed by atoms with van der Waals surface area (Å²) in [6.45, 7) is 0. The van der Waals surface area contributed by atoms with Crippen molar-refractivity contribution >= 4 is 11.3 Å². The third-order valence-corrected chi connectivity index (χ3v) is 4.40. The van der Waals surface area contributed by atoms with Crippen LogP contribution in [0.2, 0.25) is 0 Å². The Labute approximate surface area is 109 Å². The van der Waals surface area contributed by atoms with E-state index >= 15 is 0 Å². The lowest BCUT2D eigenvalue weighted by Crippen LogP contribution is -2.26. The van der Waals surface area contributed by atoms with Crippen LogP contribution in [0.1, 0.15) is 44.1 Å². The number of thiophene rings is 1. The van der Waals surface area contributed by atoms with Crippen molar-refractivity contribution in [2.45, 2.75) is 51.0 Å². The first-order valence-corrected chi connectivity index (χ1v) is 7.69. The molecule has 1 nitrogen and oxygen atoms in total. The van der Waals surface area contributed by atoms with Crippen LogP contribution in [0.4, 0.5) is 0 Å². The Hall–Kier alpha value is -0.600. The molecular formula is C15H23NS. The average molecular weight is 249 g/mol. The van der Waals surface area contributed by atoms with Gasteiger partial charge in [-0.3, -0.25) is 0 Å². The summed E-state index contributed by atoms with van der Waals surface area (Å²) in [5, 5.41) is 7.92. The Morgan fingerprint density at radius 1 is 1.41 bits per heavy atom. The van der Waals surface area contributed by atoms with Crippen LogP contribution in [0, 0.1) is 0 Å². The molecule has 0 amide bonds. The highest BCUT2D eigenvalue weighted by Crippen LogP contribution is 2.22. The van der Waals surface area contributed by atoms with Gasteiger partial charge < -0.3 is 5.32 Å². The molecule has 94 valence electrons. The van der Waals surface area contributed by atoms with Crippen LogP contribution in [0.25, 0.3) is 0 Å². The summed E-state index contributed by atoms with van der Waals surface area (Å²) in [5.41, 5.74) is 3.17. The fourth-order valence-corrected chi connectivity index (χ4v) is 3.23. The van der Waals surface area contributed by atoms with Gasteiger partial charge >= 0.3 is 0 Å². The van der Waals surface area contributed by atoms with Crippen molar-refractivity contribution in [2.75, 3.05) is 7.05 Å². The monoisotopic (exact) mass is 249 g/mol. The lowest BCUT2D eigenvalue weighted by molar-refractivity contribution is 0.503. The van der Waals surface area contributed by atoms with Crippen LogP contribution in [0.15, 0.2) is 28.5 Å². The molecule has 1 atom stereocenters. The molecule has 0 aliphatic heterocycles. The zero-order valence-corrected chi connectivity index (χ0v) is 11.6. The maximum atomic E-state index is 3.47. The molecule has 0 spiro atoms. The van der Waals surface area contributed by atoms with Gasteiger partial charge in [-0.25, -0.2) is 0 Å². The van der Waals surface area contributed by atoms with E-state index in [1.54, 1.807) is 16.9 Å². The van der Waals surface area contributed by atoms with Gasteiger partial charge in [0.05, 0.1) is 0 Å². The first-order chi connectivity index (χ1) is 8.38. The van der Waals surface area contributed by atoms with Gasteiger partial charge in [0.1, 0.15) is 0 Å². The van der Waals surface area contributed by atoms with E-state index in [0.29, 0.717) is 6.04 Å². The summed E-state index contributed by atoms with van der Waals surface area (Å²) in [6, 6.07) is 2.90. The number of nitrogens with one attached hydrogen (secondary N) is 1. The van der Waals surface area contributed by atoms with Crippen molar-refractivity contribution in [3.05, 3.63) is 34.0 Å². The number of aryl methyl sites for hydroxylation is 1. The van der Waals surface area contributed by atoms with E-state index in [2.05, 4.69) is 35.3 Å². The Morgan fingerprint density at radius 2 is 2.35 bits per heavy atom. The van der Waals surface area contributed by atoms with Crippen LogP contribution < -0.4 is 5.32 Å². The number of rotatable bonds is 6. The van der Waals surface area contributed by atoms with Gasteiger partial charge in [0.25, 0.3) is 0 Å². The number of allylic oxidation sites excluding steroid dienone is 1.